The summed E-state index contributed by atoms with van der Waals surface area (Å²) < 4.78 is 7.60. The molecule has 2 unspecified atom stereocenters. The Morgan fingerprint density at radius 2 is 2.35 bits per heavy atom. The number of aliphatic hydroxyl groups is 1. The Kier molecular flexibility index (Phi) is 3.11. The van der Waals surface area contributed by atoms with E-state index in [1.807, 2.05) is 4.68 Å². The Hall–Kier alpha value is -0.940. The third kappa shape index (κ3) is 2.35. The molecule has 1 aromatic heterocycles. The Labute approximate surface area is 101 Å². The predicted molar refractivity (Wildman–Crippen MR) is 61.6 cm³/mol. The van der Waals surface area contributed by atoms with Crippen LogP contribution in [0.1, 0.15) is 30.9 Å². The molecule has 3 rings (SSSR count). The molecule has 0 spiro atoms. The topological polar surface area (TPSA) is 60.2 Å². The summed E-state index contributed by atoms with van der Waals surface area (Å²) in [5.74, 6) is 2.30. The lowest BCUT2D eigenvalue weighted by Gasteiger charge is -2.19. The fraction of sp³-hybridized carbons (Fsp3) is 0.833. The predicted octanol–water partition coefficient (Wildman–Crippen LogP) is 0.554. The van der Waals surface area contributed by atoms with E-state index in [1.54, 1.807) is 0 Å². The molecule has 0 aromatic carbocycles. The highest BCUT2D eigenvalue weighted by Crippen LogP contribution is 2.20. The fourth-order valence-corrected chi connectivity index (χ4v) is 2.67. The molecule has 2 atom stereocenters. The summed E-state index contributed by atoms with van der Waals surface area (Å²) in [5.41, 5.74) is 0. The first kappa shape index (κ1) is 11.2. The number of aromatic nitrogens is 3. The molecule has 5 nitrogen and oxygen atoms in total. The van der Waals surface area contributed by atoms with Gasteiger partial charge in [-0.25, -0.2) is 9.67 Å². The first-order valence-electron chi connectivity index (χ1n) is 6.50. The summed E-state index contributed by atoms with van der Waals surface area (Å²) in [5, 5.41) is 13.7. The van der Waals surface area contributed by atoms with Crippen LogP contribution in [-0.4, -0.2) is 39.2 Å². The highest BCUT2D eigenvalue weighted by atomic mass is 16.5. The molecule has 0 radical (unpaired) electrons. The summed E-state index contributed by atoms with van der Waals surface area (Å²) in [6.07, 6.45) is 5.30. The van der Waals surface area contributed by atoms with Gasteiger partial charge >= 0.3 is 0 Å². The standard InChI is InChI=1S/C12H19N3O2/c16-8-9-3-4-15-12(6-9)13-11(14-15)7-10-2-1-5-17-10/h9-10,16H,1-8H2. The molecule has 1 aromatic rings. The lowest BCUT2D eigenvalue weighted by molar-refractivity contribution is 0.110. The van der Waals surface area contributed by atoms with E-state index < -0.39 is 0 Å². The second-order valence-electron chi connectivity index (χ2n) is 5.05. The lowest BCUT2D eigenvalue weighted by atomic mass is 9.99. The van der Waals surface area contributed by atoms with E-state index in [0.717, 1.165) is 56.9 Å². The van der Waals surface area contributed by atoms with Crippen LogP contribution in [0.2, 0.25) is 0 Å². The number of rotatable bonds is 3. The quantitative estimate of drug-likeness (QED) is 0.834. The van der Waals surface area contributed by atoms with Crippen LogP contribution in [0.4, 0.5) is 0 Å². The van der Waals surface area contributed by atoms with E-state index in [9.17, 15) is 5.11 Å². The molecule has 2 aliphatic heterocycles. The van der Waals surface area contributed by atoms with E-state index in [-0.39, 0.29) is 6.61 Å². The molecule has 3 heterocycles. The van der Waals surface area contributed by atoms with Crippen molar-refractivity contribution in [1.29, 1.82) is 0 Å². The molecular weight excluding hydrogens is 218 g/mol. The maximum absolute atomic E-state index is 9.18. The summed E-state index contributed by atoms with van der Waals surface area (Å²) in [7, 11) is 0. The van der Waals surface area contributed by atoms with Crippen molar-refractivity contribution in [3.05, 3.63) is 11.6 Å². The van der Waals surface area contributed by atoms with Crippen LogP contribution in [0.25, 0.3) is 0 Å². The third-order valence-corrected chi connectivity index (χ3v) is 3.71. The van der Waals surface area contributed by atoms with Crippen LogP contribution in [0.3, 0.4) is 0 Å². The Balaban J connectivity index is 1.69. The number of aliphatic hydroxyl groups excluding tert-OH is 1. The van der Waals surface area contributed by atoms with Gasteiger partial charge in [0.2, 0.25) is 0 Å². The summed E-state index contributed by atoms with van der Waals surface area (Å²) in [4.78, 5) is 4.57. The first-order chi connectivity index (χ1) is 8.35. The molecule has 0 saturated carbocycles. The zero-order valence-corrected chi connectivity index (χ0v) is 10.0. The molecule has 2 aliphatic rings. The number of hydrogen-bond acceptors (Lipinski definition) is 4. The maximum atomic E-state index is 9.18. The van der Waals surface area contributed by atoms with Crippen molar-refractivity contribution in [3.8, 4) is 0 Å². The second-order valence-corrected chi connectivity index (χ2v) is 5.05. The highest BCUT2D eigenvalue weighted by Gasteiger charge is 2.23. The van der Waals surface area contributed by atoms with E-state index in [1.165, 1.54) is 0 Å². The van der Waals surface area contributed by atoms with Gasteiger partial charge in [-0.3, -0.25) is 0 Å². The molecule has 1 N–H and O–H groups in total. The van der Waals surface area contributed by atoms with Gasteiger partial charge in [-0.05, 0) is 25.2 Å². The minimum Gasteiger partial charge on any atom is -0.396 e. The van der Waals surface area contributed by atoms with Crippen LogP contribution < -0.4 is 0 Å². The van der Waals surface area contributed by atoms with Gasteiger partial charge in [0.25, 0.3) is 0 Å². The van der Waals surface area contributed by atoms with E-state index >= 15 is 0 Å². The Bertz CT molecular complexity index is 385. The second kappa shape index (κ2) is 4.74. The minimum absolute atomic E-state index is 0.258. The first-order valence-corrected chi connectivity index (χ1v) is 6.50. The average Bonchev–Trinajstić information content (AvgIpc) is 2.96. The summed E-state index contributed by atoms with van der Waals surface area (Å²) in [6, 6.07) is 0. The van der Waals surface area contributed by atoms with Gasteiger partial charge in [-0.1, -0.05) is 0 Å². The van der Waals surface area contributed by atoms with Crippen molar-refractivity contribution in [2.45, 2.75) is 44.8 Å². The normalized spacial score (nSPS) is 28.3. The van der Waals surface area contributed by atoms with Gasteiger partial charge in [0, 0.05) is 32.6 Å². The zero-order chi connectivity index (χ0) is 11.7. The van der Waals surface area contributed by atoms with Crippen LogP contribution in [0, 0.1) is 5.92 Å². The van der Waals surface area contributed by atoms with E-state index in [0.29, 0.717) is 12.0 Å². The van der Waals surface area contributed by atoms with Crippen molar-refractivity contribution in [1.82, 2.24) is 14.8 Å². The molecule has 5 heteroatoms. The van der Waals surface area contributed by atoms with Crippen LogP contribution >= 0.6 is 0 Å². The third-order valence-electron chi connectivity index (χ3n) is 3.71. The number of ether oxygens (including phenoxy) is 1. The largest absolute Gasteiger partial charge is 0.396 e. The molecule has 0 bridgehead atoms. The summed E-state index contributed by atoms with van der Waals surface area (Å²) in [6.45, 7) is 2.03. The van der Waals surface area contributed by atoms with Gasteiger partial charge in [0.15, 0.2) is 5.82 Å². The lowest BCUT2D eigenvalue weighted by Crippen LogP contribution is -2.22. The molecule has 0 amide bonds. The monoisotopic (exact) mass is 237 g/mol. The molecule has 1 saturated heterocycles. The van der Waals surface area contributed by atoms with E-state index in [2.05, 4.69) is 10.1 Å². The van der Waals surface area contributed by atoms with Crippen LogP contribution in [0.15, 0.2) is 0 Å². The Morgan fingerprint density at radius 3 is 3.12 bits per heavy atom. The molecule has 17 heavy (non-hydrogen) atoms. The zero-order valence-electron chi connectivity index (χ0n) is 10.0. The molecular formula is C12H19N3O2. The maximum Gasteiger partial charge on any atom is 0.153 e. The average molecular weight is 237 g/mol. The van der Waals surface area contributed by atoms with Gasteiger partial charge in [0.1, 0.15) is 5.82 Å². The van der Waals surface area contributed by atoms with E-state index in [4.69, 9.17) is 4.74 Å². The number of fused-ring (bicyclic) bond motifs is 1. The van der Waals surface area contributed by atoms with Crippen LogP contribution in [0.5, 0.6) is 0 Å². The fourth-order valence-electron chi connectivity index (χ4n) is 2.67. The molecule has 1 fully saturated rings. The smallest absolute Gasteiger partial charge is 0.153 e. The van der Waals surface area contributed by atoms with Crippen molar-refractivity contribution in [2.75, 3.05) is 13.2 Å². The number of hydrogen-bond donors (Lipinski definition) is 1. The van der Waals surface area contributed by atoms with Crippen molar-refractivity contribution >= 4 is 0 Å². The molecule has 94 valence electrons. The SMILES string of the molecule is OCC1CCn2nc(CC3CCCO3)nc2C1. The number of aryl methyl sites for hydroxylation is 1. The number of nitrogens with zero attached hydrogens (tertiary/aromatic N) is 3. The molecule has 0 aliphatic carbocycles. The van der Waals surface area contributed by atoms with Crippen molar-refractivity contribution < 1.29 is 9.84 Å². The summed E-state index contributed by atoms with van der Waals surface area (Å²) >= 11 is 0. The van der Waals surface area contributed by atoms with Crippen molar-refractivity contribution in [2.24, 2.45) is 5.92 Å². The van der Waals surface area contributed by atoms with Gasteiger partial charge in [0.05, 0.1) is 6.10 Å². The minimum atomic E-state index is 0.258. The van der Waals surface area contributed by atoms with Gasteiger partial charge < -0.3 is 9.84 Å². The van der Waals surface area contributed by atoms with Crippen LogP contribution in [-0.2, 0) is 24.1 Å². The van der Waals surface area contributed by atoms with Gasteiger partial charge in [-0.2, -0.15) is 5.10 Å². The van der Waals surface area contributed by atoms with Gasteiger partial charge in [-0.15, -0.1) is 0 Å². The highest BCUT2D eigenvalue weighted by molar-refractivity contribution is 4.99. The Morgan fingerprint density at radius 1 is 1.41 bits per heavy atom. The van der Waals surface area contributed by atoms with Crippen molar-refractivity contribution in [3.63, 3.8) is 0 Å².